The SMILES string of the molecule is O=C(COC(=O)c1cc2c(F)cccc2s1)NCCCc1ccccc1. The monoisotopic (exact) mass is 371 g/mol. The quantitative estimate of drug-likeness (QED) is 0.505. The van der Waals surface area contributed by atoms with E-state index in [1.54, 1.807) is 12.1 Å². The van der Waals surface area contributed by atoms with Crippen LogP contribution < -0.4 is 5.32 Å². The Morgan fingerprint density at radius 1 is 1.08 bits per heavy atom. The second-order valence-corrected chi connectivity index (χ2v) is 6.86. The number of nitrogens with one attached hydrogen (secondary N) is 1. The Bertz CT molecular complexity index is 908. The maximum atomic E-state index is 13.7. The summed E-state index contributed by atoms with van der Waals surface area (Å²) in [5.41, 5.74) is 1.21. The van der Waals surface area contributed by atoms with Gasteiger partial charge in [0.2, 0.25) is 0 Å². The van der Waals surface area contributed by atoms with E-state index in [0.29, 0.717) is 16.6 Å². The lowest BCUT2D eigenvalue weighted by atomic mass is 10.1. The molecular weight excluding hydrogens is 353 g/mol. The Hall–Kier alpha value is -2.73. The minimum atomic E-state index is -0.620. The Kier molecular flexibility index (Phi) is 5.96. The molecule has 1 heterocycles. The van der Waals surface area contributed by atoms with Gasteiger partial charge in [0.1, 0.15) is 10.7 Å². The van der Waals surface area contributed by atoms with Gasteiger partial charge in [0.15, 0.2) is 6.61 Å². The summed E-state index contributed by atoms with van der Waals surface area (Å²) >= 11 is 1.14. The molecule has 0 atom stereocenters. The van der Waals surface area contributed by atoms with E-state index in [-0.39, 0.29) is 23.2 Å². The zero-order chi connectivity index (χ0) is 18.4. The van der Waals surface area contributed by atoms with Crippen molar-refractivity contribution < 1.29 is 18.7 Å². The summed E-state index contributed by atoms with van der Waals surface area (Å²) in [6.07, 6.45) is 1.67. The van der Waals surface area contributed by atoms with Gasteiger partial charge in [-0.15, -0.1) is 11.3 Å². The number of thiophene rings is 1. The van der Waals surface area contributed by atoms with Crippen LogP contribution in [0, 0.1) is 5.82 Å². The van der Waals surface area contributed by atoms with E-state index in [1.165, 1.54) is 17.7 Å². The number of esters is 1. The van der Waals surface area contributed by atoms with E-state index in [2.05, 4.69) is 5.32 Å². The van der Waals surface area contributed by atoms with Gasteiger partial charge in [0.25, 0.3) is 5.91 Å². The topological polar surface area (TPSA) is 55.4 Å². The molecule has 1 amide bonds. The smallest absolute Gasteiger partial charge is 0.348 e. The fourth-order valence-electron chi connectivity index (χ4n) is 2.54. The van der Waals surface area contributed by atoms with Crippen molar-refractivity contribution in [2.75, 3.05) is 13.2 Å². The van der Waals surface area contributed by atoms with E-state index < -0.39 is 5.97 Å². The fraction of sp³-hybridized carbons (Fsp3) is 0.200. The first kappa shape index (κ1) is 18.1. The minimum Gasteiger partial charge on any atom is -0.451 e. The highest BCUT2D eigenvalue weighted by molar-refractivity contribution is 7.20. The van der Waals surface area contributed by atoms with E-state index in [4.69, 9.17) is 4.74 Å². The highest BCUT2D eigenvalue weighted by Gasteiger charge is 2.15. The largest absolute Gasteiger partial charge is 0.451 e. The molecule has 0 aliphatic rings. The van der Waals surface area contributed by atoms with E-state index >= 15 is 0 Å². The van der Waals surface area contributed by atoms with Gasteiger partial charge < -0.3 is 10.1 Å². The molecule has 0 saturated heterocycles. The molecule has 3 aromatic rings. The summed E-state index contributed by atoms with van der Waals surface area (Å²) in [5.74, 6) is -1.35. The first-order valence-corrected chi connectivity index (χ1v) is 9.11. The number of hydrogen-bond acceptors (Lipinski definition) is 4. The number of halogens is 1. The van der Waals surface area contributed by atoms with Crippen LogP contribution in [0.1, 0.15) is 21.7 Å². The molecule has 0 spiro atoms. The van der Waals surface area contributed by atoms with Crippen LogP contribution in [0.25, 0.3) is 10.1 Å². The number of carbonyl (C=O) groups is 2. The van der Waals surface area contributed by atoms with E-state index in [9.17, 15) is 14.0 Å². The minimum absolute atomic E-state index is 0.280. The number of carbonyl (C=O) groups excluding carboxylic acids is 2. The van der Waals surface area contributed by atoms with Crippen LogP contribution in [0.4, 0.5) is 4.39 Å². The Labute approximate surface area is 154 Å². The molecule has 2 aromatic carbocycles. The Morgan fingerprint density at radius 3 is 2.65 bits per heavy atom. The molecule has 0 unspecified atom stereocenters. The first-order valence-electron chi connectivity index (χ1n) is 8.29. The van der Waals surface area contributed by atoms with Gasteiger partial charge in [-0.05, 0) is 36.6 Å². The lowest BCUT2D eigenvalue weighted by molar-refractivity contribution is -0.124. The molecule has 1 aromatic heterocycles. The molecule has 26 heavy (non-hydrogen) atoms. The van der Waals surface area contributed by atoms with Crippen LogP contribution in [-0.2, 0) is 16.0 Å². The fourth-order valence-corrected chi connectivity index (χ4v) is 3.51. The van der Waals surface area contributed by atoms with Crippen LogP contribution in [0.15, 0.2) is 54.6 Å². The molecule has 6 heteroatoms. The highest BCUT2D eigenvalue weighted by atomic mass is 32.1. The number of benzene rings is 2. The van der Waals surface area contributed by atoms with Crippen molar-refractivity contribution in [3.05, 3.63) is 70.9 Å². The van der Waals surface area contributed by atoms with Gasteiger partial charge in [-0.1, -0.05) is 36.4 Å². The van der Waals surface area contributed by atoms with Gasteiger partial charge in [-0.3, -0.25) is 4.79 Å². The van der Waals surface area contributed by atoms with Gasteiger partial charge >= 0.3 is 5.97 Å². The summed E-state index contributed by atoms with van der Waals surface area (Å²) in [4.78, 5) is 24.1. The molecule has 0 bridgehead atoms. The predicted octanol–water partition coefficient (Wildman–Crippen LogP) is 3.95. The average molecular weight is 371 g/mol. The molecular formula is C20H18FNO3S. The summed E-state index contributed by atoms with van der Waals surface area (Å²) in [5, 5.41) is 3.11. The number of amides is 1. The third-order valence-corrected chi connectivity index (χ3v) is 4.93. The summed E-state index contributed by atoms with van der Waals surface area (Å²) < 4.78 is 19.3. The van der Waals surface area contributed by atoms with E-state index in [0.717, 1.165) is 24.2 Å². The van der Waals surface area contributed by atoms with Crippen molar-refractivity contribution in [3.8, 4) is 0 Å². The number of hydrogen-bond donors (Lipinski definition) is 1. The molecule has 1 N–H and O–H groups in total. The van der Waals surface area contributed by atoms with Gasteiger partial charge in [-0.25, -0.2) is 9.18 Å². The molecule has 0 radical (unpaired) electrons. The Balaban J connectivity index is 1.42. The van der Waals surface area contributed by atoms with Crippen LogP contribution >= 0.6 is 11.3 Å². The van der Waals surface area contributed by atoms with Crippen LogP contribution in [0.2, 0.25) is 0 Å². The van der Waals surface area contributed by atoms with Crippen molar-refractivity contribution in [1.29, 1.82) is 0 Å². The van der Waals surface area contributed by atoms with Crippen molar-refractivity contribution in [3.63, 3.8) is 0 Å². The first-order chi connectivity index (χ1) is 12.6. The van der Waals surface area contributed by atoms with Crippen LogP contribution in [-0.4, -0.2) is 25.0 Å². The number of aryl methyl sites for hydroxylation is 1. The summed E-state index contributed by atoms with van der Waals surface area (Å²) in [6, 6.07) is 16.1. The lowest BCUT2D eigenvalue weighted by Crippen LogP contribution is -2.29. The molecule has 0 aliphatic carbocycles. The van der Waals surface area contributed by atoms with Crippen LogP contribution in [0.3, 0.4) is 0 Å². The summed E-state index contributed by atoms with van der Waals surface area (Å²) in [7, 11) is 0. The number of rotatable bonds is 7. The number of ether oxygens (including phenoxy) is 1. The standard InChI is InChI=1S/C20H18FNO3S/c21-16-9-4-10-17-15(16)12-18(26-17)20(24)25-13-19(23)22-11-5-8-14-6-2-1-3-7-14/h1-4,6-7,9-10,12H,5,8,11,13H2,(H,22,23). The maximum Gasteiger partial charge on any atom is 0.348 e. The maximum absolute atomic E-state index is 13.7. The Morgan fingerprint density at radius 2 is 1.88 bits per heavy atom. The van der Waals surface area contributed by atoms with Crippen molar-refractivity contribution in [1.82, 2.24) is 5.32 Å². The average Bonchev–Trinajstić information content (AvgIpc) is 3.10. The van der Waals surface area contributed by atoms with Crippen molar-refractivity contribution in [2.24, 2.45) is 0 Å². The van der Waals surface area contributed by atoms with Crippen LogP contribution in [0.5, 0.6) is 0 Å². The zero-order valence-electron chi connectivity index (χ0n) is 14.0. The van der Waals surface area contributed by atoms with Crippen molar-refractivity contribution in [2.45, 2.75) is 12.8 Å². The molecule has 0 fully saturated rings. The third-order valence-electron chi connectivity index (χ3n) is 3.85. The second-order valence-electron chi connectivity index (χ2n) is 5.78. The predicted molar refractivity (Wildman–Crippen MR) is 99.8 cm³/mol. The lowest BCUT2D eigenvalue weighted by Gasteiger charge is -2.06. The normalized spacial score (nSPS) is 10.7. The highest BCUT2D eigenvalue weighted by Crippen LogP contribution is 2.28. The van der Waals surface area contributed by atoms with Gasteiger partial charge in [0, 0.05) is 16.6 Å². The molecule has 0 aliphatic heterocycles. The second kappa shape index (κ2) is 8.58. The summed E-state index contributed by atoms with van der Waals surface area (Å²) in [6.45, 7) is 0.167. The van der Waals surface area contributed by atoms with E-state index in [1.807, 2.05) is 30.3 Å². The van der Waals surface area contributed by atoms with Gasteiger partial charge in [0.05, 0.1) is 0 Å². The van der Waals surface area contributed by atoms with Crippen molar-refractivity contribution >= 4 is 33.3 Å². The van der Waals surface area contributed by atoms with Gasteiger partial charge in [-0.2, -0.15) is 0 Å². The number of fused-ring (bicyclic) bond motifs is 1. The molecule has 0 saturated carbocycles. The zero-order valence-corrected chi connectivity index (χ0v) is 14.9. The third kappa shape index (κ3) is 4.67. The molecule has 4 nitrogen and oxygen atoms in total. The molecule has 134 valence electrons. The molecule has 3 rings (SSSR count).